The lowest BCUT2D eigenvalue weighted by Gasteiger charge is -2.52. The van der Waals surface area contributed by atoms with Crippen LogP contribution in [0.25, 0.3) is 0 Å². The summed E-state index contributed by atoms with van der Waals surface area (Å²) in [6.45, 7) is 2.64. The van der Waals surface area contributed by atoms with Crippen molar-refractivity contribution in [1.29, 1.82) is 0 Å². The molecule has 0 aromatic carbocycles. The van der Waals surface area contributed by atoms with Crippen LogP contribution in [0.15, 0.2) is 0 Å². The molecule has 11 heavy (non-hydrogen) atoms. The maximum Gasteiger partial charge on any atom is 0.00474 e. The summed E-state index contributed by atoms with van der Waals surface area (Å²) in [5.74, 6) is 0. The van der Waals surface area contributed by atoms with Crippen LogP contribution in [0.1, 0.15) is 25.7 Å². The Kier molecular flexibility index (Phi) is 1.69. The van der Waals surface area contributed by atoms with Crippen molar-refractivity contribution >= 4 is 0 Å². The van der Waals surface area contributed by atoms with Gasteiger partial charge >= 0.3 is 0 Å². The van der Waals surface area contributed by atoms with Gasteiger partial charge in [0.25, 0.3) is 0 Å². The molecule has 0 unspecified atom stereocenters. The highest BCUT2D eigenvalue weighted by Crippen LogP contribution is 2.42. The molecule has 2 rings (SSSR count). The molecule has 1 aliphatic carbocycles. The van der Waals surface area contributed by atoms with E-state index >= 15 is 0 Å². The molecule has 1 aliphatic heterocycles. The monoisotopic (exact) mass is 154 g/mol. The van der Waals surface area contributed by atoms with E-state index in [2.05, 4.69) is 11.9 Å². The Labute approximate surface area is 68.7 Å². The fraction of sp³-hybridized carbons (Fsp3) is 1.00. The fourth-order valence-electron chi connectivity index (χ4n) is 2.67. The van der Waals surface area contributed by atoms with Crippen LogP contribution >= 0.6 is 0 Å². The summed E-state index contributed by atoms with van der Waals surface area (Å²) >= 11 is 0. The lowest BCUT2D eigenvalue weighted by Crippen LogP contribution is -2.56. The fourth-order valence-corrected chi connectivity index (χ4v) is 2.67. The van der Waals surface area contributed by atoms with Gasteiger partial charge in [0.2, 0.25) is 0 Å². The number of nitrogens with two attached hydrogens (primary N) is 1. The first-order valence-electron chi connectivity index (χ1n) is 4.64. The molecule has 1 heterocycles. The zero-order valence-electron chi connectivity index (χ0n) is 7.34. The van der Waals surface area contributed by atoms with Crippen molar-refractivity contribution in [2.24, 2.45) is 11.1 Å². The molecule has 0 radical (unpaired) electrons. The van der Waals surface area contributed by atoms with Gasteiger partial charge in [-0.1, -0.05) is 0 Å². The van der Waals surface area contributed by atoms with E-state index in [1.165, 1.54) is 38.8 Å². The molecule has 0 atom stereocenters. The molecule has 2 heteroatoms. The summed E-state index contributed by atoms with van der Waals surface area (Å²) in [4.78, 5) is 2.41. The van der Waals surface area contributed by atoms with E-state index in [1.807, 2.05) is 0 Å². The highest BCUT2D eigenvalue weighted by atomic mass is 15.2. The summed E-state index contributed by atoms with van der Waals surface area (Å²) in [6, 6.07) is 0.506. The Hall–Kier alpha value is -0.0800. The Bertz CT molecular complexity index is 140. The molecule has 0 bridgehead atoms. The second-order valence-corrected chi connectivity index (χ2v) is 4.51. The van der Waals surface area contributed by atoms with Gasteiger partial charge in [-0.05, 0) is 38.1 Å². The molecule has 2 fully saturated rings. The average molecular weight is 154 g/mol. The summed E-state index contributed by atoms with van der Waals surface area (Å²) in [5.41, 5.74) is 6.55. The van der Waals surface area contributed by atoms with Crippen LogP contribution in [-0.4, -0.2) is 31.1 Å². The van der Waals surface area contributed by atoms with Gasteiger partial charge < -0.3 is 10.6 Å². The van der Waals surface area contributed by atoms with E-state index in [9.17, 15) is 0 Å². The number of rotatable bonds is 0. The molecule has 2 nitrogen and oxygen atoms in total. The second-order valence-electron chi connectivity index (χ2n) is 4.51. The molecule has 0 aromatic heterocycles. The lowest BCUT2D eigenvalue weighted by molar-refractivity contribution is -0.0131. The zero-order valence-corrected chi connectivity index (χ0v) is 7.34. The predicted octanol–water partition coefficient (Wildman–Crippen LogP) is 0.819. The second kappa shape index (κ2) is 2.46. The maximum absolute atomic E-state index is 5.86. The third kappa shape index (κ3) is 1.30. The first kappa shape index (κ1) is 7.56. The average Bonchev–Trinajstić information content (AvgIpc) is 1.92. The molecule has 2 aliphatic rings. The molecule has 64 valence electrons. The number of hydrogen-bond donors (Lipinski definition) is 1. The number of nitrogens with zero attached hydrogens (tertiary/aromatic N) is 1. The molecule has 1 spiro atoms. The van der Waals surface area contributed by atoms with Gasteiger partial charge in [-0.2, -0.15) is 0 Å². The van der Waals surface area contributed by atoms with Gasteiger partial charge in [0.05, 0.1) is 0 Å². The Morgan fingerprint density at radius 2 is 1.82 bits per heavy atom. The van der Waals surface area contributed by atoms with E-state index in [0.29, 0.717) is 11.5 Å². The minimum Gasteiger partial charge on any atom is -0.328 e. The molecule has 2 N–H and O–H groups in total. The van der Waals surface area contributed by atoms with Crippen molar-refractivity contribution in [2.45, 2.75) is 31.7 Å². The van der Waals surface area contributed by atoms with Crippen molar-refractivity contribution in [3.8, 4) is 0 Å². The molecule has 0 amide bonds. The SMILES string of the molecule is CN1CC2(CCC(N)CC2)C1. The largest absolute Gasteiger partial charge is 0.328 e. The normalized spacial score (nSPS) is 32.2. The van der Waals surface area contributed by atoms with Crippen LogP contribution in [0.2, 0.25) is 0 Å². The van der Waals surface area contributed by atoms with Crippen molar-refractivity contribution in [3.05, 3.63) is 0 Å². The van der Waals surface area contributed by atoms with Crippen molar-refractivity contribution in [1.82, 2.24) is 4.90 Å². The van der Waals surface area contributed by atoms with Gasteiger partial charge in [-0.15, -0.1) is 0 Å². The molecule has 0 aromatic rings. The van der Waals surface area contributed by atoms with Crippen molar-refractivity contribution < 1.29 is 0 Å². The quantitative estimate of drug-likeness (QED) is 0.559. The summed E-state index contributed by atoms with van der Waals surface area (Å²) in [6.07, 6.45) is 5.26. The van der Waals surface area contributed by atoms with Crippen LogP contribution in [0.4, 0.5) is 0 Å². The standard InChI is InChI=1S/C9H18N2/c1-11-6-9(7-11)4-2-8(10)3-5-9/h8H,2-7,10H2,1H3. The topological polar surface area (TPSA) is 29.3 Å². The smallest absolute Gasteiger partial charge is 0.00474 e. The minimum absolute atomic E-state index is 0.506. The van der Waals surface area contributed by atoms with Crippen LogP contribution < -0.4 is 5.73 Å². The predicted molar refractivity (Wildman–Crippen MR) is 46.4 cm³/mol. The third-order valence-electron chi connectivity index (χ3n) is 3.30. The Morgan fingerprint density at radius 1 is 1.27 bits per heavy atom. The van der Waals surface area contributed by atoms with E-state index in [-0.39, 0.29) is 0 Å². The van der Waals surface area contributed by atoms with E-state index in [4.69, 9.17) is 5.73 Å². The van der Waals surface area contributed by atoms with Crippen LogP contribution in [-0.2, 0) is 0 Å². The zero-order chi connectivity index (χ0) is 7.90. The third-order valence-corrected chi connectivity index (χ3v) is 3.30. The van der Waals surface area contributed by atoms with Crippen LogP contribution in [0.5, 0.6) is 0 Å². The van der Waals surface area contributed by atoms with Gasteiger partial charge in [0.15, 0.2) is 0 Å². The van der Waals surface area contributed by atoms with Gasteiger partial charge in [0, 0.05) is 19.1 Å². The van der Waals surface area contributed by atoms with E-state index in [1.54, 1.807) is 0 Å². The van der Waals surface area contributed by atoms with E-state index in [0.717, 1.165) is 0 Å². The van der Waals surface area contributed by atoms with E-state index < -0.39 is 0 Å². The Balaban J connectivity index is 1.88. The van der Waals surface area contributed by atoms with Gasteiger partial charge in [0.1, 0.15) is 0 Å². The highest BCUT2D eigenvalue weighted by Gasteiger charge is 2.42. The van der Waals surface area contributed by atoms with Crippen molar-refractivity contribution in [2.75, 3.05) is 20.1 Å². The molecule has 1 saturated heterocycles. The molecular formula is C9H18N2. The Morgan fingerprint density at radius 3 is 2.27 bits per heavy atom. The first-order chi connectivity index (χ1) is 5.20. The maximum atomic E-state index is 5.86. The summed E-state index contributed by atoms with van der Waals surface area (Å²) in [7, 11) is 2.21. The van der Waals surface area contributed by atoms with Crippen LogP contribution in [0, 0.1) is 5.41 Å². The minimum atomic E-state index is 0.506. The van der Waals surface area contributed by atoms with Gasteiger partial charge in [-0.3, -0.25) is 0 Å². The molecular weight excluding hydrogens is 136 g/mol. The lowest BCUT2D eigenvalue weighted by atomic mass is 9.68. The first-order valence-corrected chi connectivity index (χ1v) is 4.64. The summed E-state index contributed by atoms with van der Waals surface area (Å²) < 4.78 is 0. The summed E-state index contributed by atoms with van der Waals surface area (Å²) in [5, 5.41) is 0. The highest BCUT2D eigenvalue weighted by molar-refractivity contribution is 4.97. The molecule has 1 saturated carbocycles. The number of hydrogen-bond acceptors (Lipinski definition) is 2. The van der Waals surface area contributed by atoms with Gasteiger partial charge in [-0.25, -0.2) is 0 Å². The number of likely N-dealkylation sites (tertiary alicyclic amines) is 1. The van der Waals surface area contributed by atoms with Crippen molar-refractivity contribution in [3.63, 3.8) is 0 Å². The van der Waals surface area contributed by atoms with Crippen LogP contribution in [0.3, 0.4) is 0 Å².